The molecule has 1 aromatic heterocycles. The van der Waals surface area contributed by atoms with E-state index in [9.17, 15) is 22.8 Å². The van der Waals surface area contributed by atoms with Crippen LogP contribution >= 0.6 is 11.3 Å². The summed E-state index contributed by atoms with van der Waals surface area (Å²) in [5.41, 5.74) is 0. The van der Waals surface area contributed by atoms with Gasteiger partial charge in [0.1, 0.15) is 4.88 Å². The third-order valence-corrected chi connectivity index (χ3v) is 5.25. The van der Waals surface area contributed by atoms with Crippen molar-refractivity contribution >= 4 is 39.3 Å². The number of sulfonamides is 1. The summed E-state index contributed by atoms with van der Waals surface area (Å²) in [4.78, 5) is 36.5. The van der Waals surface area contributed by atoms with Crippen LogP contribution in [0.4, 0.5) is 4.79 Å². The van der Waals surface area contributed by atoms with Crippen molar-refractivity contribution in [2.24, 2.45) is 0 Å². The first-order valence-corrected chi connectivity index (χ1v) is 10.7. The summed E-state index contributed by atoms with van der Waals surface area (Å²) in [6.45, 7) is 1.60. The number of carbonyl (C=O) groups excluding carboxylic acids is 3. The van der Waals surface area contributed by atoms with Crippen molar-refractivity contribution in [3.63, 3.8) is 0 Å². The van der Waals surface area contributed by atoms with Crippen molar-refractivity contribution in [2.75, 3.05) is 12.8 Å². The molecule has 0 bridgehead atoms. The Morgan fingerprint density at radius 2 is 2.00 bits per heavy atom. The Balaban J connectivity index is 1.78. The highest BCUT2D eigenvalue weighted by Gasteiger charge is 2.26. The van der Waals surface area contributed by atoms with Gasteiger partial charge in [0, 0.05) is 17.5 Å². The van der Waals surface area contributed by atoms with Crippen molar-refractivity contribution in [1.29, 1.82) is 0 Å². The standard InChI is InChI=1S/C15H21N3O6S2/c1-9(13(19)18-15(21)17-10-3-4-10)24-14(20)12-6-5-11(25-12)7-8-16-26(2,22)23/h5-6,9-10,16H,3-4,7-8H2,1-2H3,(H2,17,18,19,21). The fourth-order valence-electron chi connectivity index (χ4n) is 1.92. The predicted octanol–water partition coefficient (Wildman–Crippen LogP) is 0.373. The smallest absolute Gasteiger partial charge is 0.349 e. The molecule has 1 aromatic rings. The van der Waals surface area contributed by atoms with Crippen molar-refractivity contribution in [1.82, 2.24) is 15.4 Å². The Kier molecular flexibility index (Phi) is 6.73. The number of hydrogen-bond donors (Lipinski definition) is 3. The largest absolute Gasteiger partial charge is 0.448 e. The quantitative estimate of drug-likeness (QED) is 0.538. The molecular formula is C15H21N3O6S2. The molecule has 0 spiro atoms. The van der Waals surface area contributed by atoms with Gasteiger partial charge in [0.15, 0.2) is 6.10 Å². The molecule has 3 N–H and O–H groups in total. The van der Waals surface area contributed by atoms with Gasteiger partial charge >= 0.3 is 12.0 Å². The van der Waals surface area contributed by atoms with Crippen molar-refractivity contribution in [3.05, 3.63) is 21.9 Å². The topological polar surface area (TPSA) is 131 Å². The van der Waals surface area contributed by atoms with E-state index in [1.807, 2.05) is 0 Å². The van der Waals surface area contributed by atoms with Crippen LogP contribution < -0.4 is 15.4 Å². The van der Waals surface area contributed by atoms with Gasteiger partial charge in [-0.2, -0.15) is 0 Å². The Morgan fingerprint density at radius 3 is 2.62 bits per heavy atom. The van der Waals surface area contributed by atoms with Crippen LogP contribution in [-0.4, -0.2) is 51.3 Å². The van der Waals surface area contributed by atoms with Gasteiger partial charge < -0.3 is 10.1 Å². The average Bonchev–Trinajstić information content (AvgIpc) is 3.20. The zero-order valence-corrected chi connectivity index (χ0v) is 16.0. The second kappa shape index (κ2) is 8.60. The van der Waals surface area contributed by atoms with Gasteiger partial charge in [0.2, 0.25) is 10.0 Å². The zero-order valence-electron chi connectivity index (χ0n) is 14.4. The number of nitrogens with one attached hydrogen (secondary N) is 3. The Labute approximate surface area is 155 Å². The first kappa shape index (κ1) is 20.3. The van der Waals surface area contributed by atoms with Crippen molar-refractivity contribution in [2.45, 2.75) is 38.3 Å². The first-order valence-electron chi connectivity index (χ1n) is 8.00. The number of ether oxygens (including phenoxy) is 1. The molecule has 0 saturated heterocycles. The summed E-state index contributed by atoms with van der Waals surface area (Å²) in [5, 5.41) is 4.73. The summed E-state index contributed by atoms with van der Waals surface area (Å²) in [7, 11) is -3.26. The lowest BCUT2D eigenvalue weighted by Gasteiger charge is -2.12. The van der Waals surface area contributed by atoms with E-state index in [4.69, 9.17) is 4.74 Å². The summed E-state index contributed by atoms with van der Waals surface area (Å²) in [5.74, 6) is -1.38. The van der Waals surface area contributed by atoms with Gasteiger partial charge in [-0.05, 0) is 38.3 Å². The molecule has 26 heavy (non-hydrogen) atoms. The molecule has 9 nitrogen and oxygen atoms in total. The molecule has 3 amide bonds. The van der Waals surface area contributed by atoms with Gasteiger partial charge in [0.05, 0.1) is 6.26 Å². The van der Waals surface area contributed by atoms with Gasteiger partial charge in [0.25, 0.3) is 5.91 Å². The molecule has 1 heterocycles. The minimum atomic E-state index is -3.26. The van der Waals surface area contributed by atoms with E-state index in [-0.39, 0.29) is 12.6 Å². The molecule has 11 heteroatoms. The maximum atomic E-state index is 12.1. The van der Waals surface area contributed by atoms with E-state index in [1.54, 1.807) is 12.1 Å². The number of urea groups is 1. The fraction of sp³-hybridized carbons (Fsp3) is 0.533. The molecule has 0 radical (unpaired) electrons. The second-order valence-electron chi connectivity index (χ2n) is 5.97. The molecule has 1 fully saturated rings. The second-order valence-corrected chi connectivity index (χ2v) is 8.97. The molecule has 1 saturated carbocycles. The lowest BCUT2D eigenvalue weighted by atomic mass is 10.3. The first-order chi connectivity index (χ1) is 12.1. The molecular weight excluding hydrogens is 382 g/mol. The molecule has 1 aliphatic carbocycles. The maximum absolute atomic E-state index is 12.1. The number of hydrogen-bond acceptors (Lipinski definition) is 7. The molecule has 0 aromatic carbocycles. The average molecular weight is 403 g/mol. The Hall–Kier alpha value is -1.98. The van der Waals surface area contributed by atoms with Crippen LogP contribution in [0.15, 0.2) is 12.1 Å². The van der Waals surface area contributed by atoms with E-state index in [0.29, 0.717) is 11.3 Å². The number of thiophene rings is 1. The minimum absolute atomic E-state index is 0.113. The lowest BCUT2D eigenvalue weighted by molar-refractivity contribution is -0.127. The Bertz CT molecular complexity index is 785. The van der Waals surface area contributed by atoms with Gasteiger partial charge in [-0.25, -0.2) is 22.7 Å². The normalized spacial score (nSPS) is 15.2. The zero-order chi connectivity index (χ0) is 19.3. The highest BCUT2D eigenvalue weighted by atomic mass is 32.2. The maximum Gasteiger partial charge on any atom is 0.349 e. The summed E-state index contributed by atoms with van der Waals surface area (Å²) < 4.78 is 29.4. The van der Waals surface area contributed by atoms with Crippen LogP contribution in [0, 0.1) is 0 Å². The van der Waals surface area contributed by atoms with Gasteiger partial charge in [-0.3, -0.25) is 10.1 Å². The van der Waals surface area contributed by atoms with Gasteiger partial charge in [-0.15, -0.1) is 11.3 Å². The molecule has 2 rings (SSSR count). The van der Waals surface area contributed by atoms with Crippen LogP contribution in [0.1, 0.15) is 34.3 Å². The monoisotopic (exact) mass is 403 g/mol. The highest BCUT2D eigenvalue weighted by Crippen LogP contribution is 2.19. The molecule has 1 unspecified atom stereocenters. The minimum Gasteiger partial charge on any atom is -0.448 e. The Morgan fingerprint density at radius 1 is 1.31 bits per heavy atom. The number of rotatable bonds is 8. The third kappa shape index (κ3) is 7.10. The summed E-state index contributed by atoms with van der Waals surface area (Å²) >= 11 is 1.16. The molecule has 1 atom stereocenters. The molecule has 1 aliphatic rings. The SMILES string of the molecule is CC(OC(=O)c1ccc(CCNS(C)(=O)=O)s1)C(=O)NC(=O)NC1CC1. The van der Waals surface area contributed by atoms with Crippen LogP contribution in [0.2, 0.25) is 0 Å². The van der Waals surface area contributed by atoms with Crippen LogP contribution in [0.3, 0.4) is 0 Å². The van der Waals surface area contributed by atoms with E-state index in [1.165, 1.54) is 6.92 Å². The summed E-state index contributed by atoms with van der Waals surface area (Å²) in [6, 6.07) is 2.76. The van der Waals surface area contributed by atoms with E-state index in [2.05, 4.69) is 15.4 Å². The van der Waals surface area contributed by atoms with Crippen molar-refractivity contribution < 1.29 is 27.5 Å². The van der Waals surface area contributed by atoms with Gasteiger partial charge in [-0.1, -0.05) is 0 Å². The fourth-order valence-corrected chi connectivity index (χ4v) is 3.28. The summed E-state index contributed by atoms with van der Waals surface area (Å²) in [6.07, 6.45) is 2.17. The number of esters is 1. The van der Waals surface area contributed by atoms with Crippen molar-refractivity contribution in [3.8, 4) is 0 Å². The number of amides is 3. The van der Waals surface area contributed by atoms with Crippen LogP contribution in [0.25, 0.3) is 0 Å². The number of imide groups is 1. The number of carbonyl (C=O) groups is 3. The van der Waals surface area contributed by atoms with Crippen LogP contribution in [-0.2, 0) is 26.0 Å². The predicted molar refractivity (Wildman–Crippen MR) is 95.4 cm³/mol. The van der Waals surface area contributed by atoms with Crippen LogP contribution in [0.5, 0.6) is 0 Å². The van der Waals surface area contributed by atoms with E-state index in [0.717, 1.165) is 35.3 Å². The molecule has 0 aliphatic heterocycles. The highest BCUT2D eigenvalue weighted by molar-refractivity contribution is 7.88. The van der Waals surface area contributed by atoms with E-state index >= 15 is 0 Å². The van der Waals surface area contributed by atoms with E-state index < -0.39 is 34.0 Å². The third-order valence-electron chi connectivity index (χ3n) is 3.40. The lowest BCUT2D eigenvalue weighted by Crippen LogP contribution is -2.45. The molecule has 144 valence electrons.